The topological polar surface area (TPSA) is 75.3 Å². The smallest absolute Gasteiger partial charge is 0.337 e. The van der Waals surface area contributed by atoms with Crippen molar-refractivity contribution in [3.63, 3.8) is 0 Å². The van der Waals surface area contributed by atoms with Crippen LogP contribution in [0.3, 0.4) is 0 Å². The Balaban J connectivity index is 3.12. The molecule has 0 spiro atoms. The number of hydrogen-bond acceptors (Lipinski definition) is 3. The summed E-state index contributed by atoms with van der Waals surface area (Å²) in [6.45, 7) is 0. The van der Waals surface area contributed by atoms with Crippen molar-refractivity contribution >= 4 is 17.3 Å². The molecule has 0 aliphatic rings. The highest BCUT2D eigenvalue weighted by Gasteiger charge is 2.06. The Labute approximate surface area is 70.0 Å². The Kier molecular flexibility index (Phi) is 2.19. The van der Waals surface area contributed by atoms with E-state index in [0.29, 0.717) is 0 Å². The number of nitrogens with one attached hydrogen (secondary N) is 1. The zero-order valence-corrected chi connectivity index (χ0v) is 6.66. The summed E-state index contributed by atoms with van der Waals surface area (Å²) in [5, 5.41) is 11.5. The maximum absolute atomic E-state index is 10.5. The van der Waals surface area contributed by atoms with Crippen molar-refractivity contribution < 1.29 is 9.90 Å². The number of carbonyl (C=O) groups is 1. The van der Waals surface area contributed by atoms with Gasteiger partial charge in [0.25, 0.3) is 0 Å². The summed E-state index contributed by atoms with van der Waals surface area (Å²) in [4.78, 5) is 10.5. The molecule has 0 aliphatic heterocycles. The molecular weight excluding hydrogens is 156 g/mol. The molecule has 1 aromatic carbocycles. The van der Waals surface area contributed by atoms with Crippen LogP contribution in [0.15, 0.2) is 18.2 Å². The van der Waals surface area contributed by atoms with Crippen LogP contribution in [0.2, 0.25) is 0 Å². The van der Waals surface area contributed by atoms with E-state index in [-0.39, 0.29) is 11.3 Å². The first-order valence-electron chi connectivity index (χ1n) is 3.45. The first kappa shape index (κ1) is 8.39. The molecule has 0 unspecified atom stereocenters. The Bertz CT molecular complexity index is 310. The highest BCUT2D eigenvalue weighted by Crippen LogP contribution is 2.17. The van der Waals surface area contributed by atoms with Crippen LogP contribution in [-0.4, -0.2) is 18.1 Å². The van der Waals surface area contributed by atoms with Gasteiger partial charge in [-0.3, -0.25) is 0 Å². The summed E-state index contributed by atoms with van der Waals surface area (Å²) in [6.07, 6.45) is 0. The van der Waals surface area contributed by atoms with Crippen molar-refractivity contribution in [1.29, 1.82) is 0 Å². The number of benzene rings is 1. The lowest BCUT2D eigenvalue weighted by molar-refractivity contribution is 0.0698. The lowest BCUT2D eigenvalue weighted by Crippen LogP contribution is -2.02. The number of carboxylic acid groups (broad SMARTS) is 1. The lowest BCUT2D eigenvalue weighted by Gasteiger charge is -2.03. The zero-order chi connectivity index (χ0) is 9.14. The molecule has 0 saturated heterocycles. The van der Waals surface area contributed by atoms with Gasteiger partial charge in [0.15, 0.2) is 0 Å². The van der Waals surface area contributed by atoms with Gasteiger partial charge in [0.1, 0.15) is 0 Å². The Morgan fingerprint density at radius 1 is 1.58 bits per heavy atom. The minimum absolute atomic E-state index is 0.133. The Morgan fingerprint density at radius 3 is 2.67 bits per heavy atom. The van der Waals surface area contributed by atoms with Crippen molar-refractivity contribution in [2.45, 2.75) is 0 Å². The molecule has 0 bridgehead atoms. The molecule has 1 aromatic rings. The fourth-order valence-electron chi connectivity index (χ4n) is 0.913. The van der Waals surface area contributed by atoms with E-state index in [1.807, 2.05) is 0 Å². The summed E-state index contributed by atoms with van der Waals surface area (Å²) >= 11 is 0. The monoisotopic (exact) mass is 166 g/mol. The van der Waals surface area contributed by atoms with Crippen LogP contribution in [0.1, 0.15) is 10.4 Å². The number of carboxylic acids is 1. The van der Waals surface area contributed by atoms with E-state index in [1.54, 1.807) is 19.2 Å². The van der Waals surface area contributed by atoms with Gasteiger partial charge in [-0.15, -0.1) is 0 Å². The summed E-state index contributed by atoms with van der Waals surface area (Å²) in [7, 11) is 1.75. The van der Waals surface area contributed by atoms with Gasteiger partial charge < -0.3 is 16.2 Å². The molecule has 0 atom stereocenters. The molecule has 0 aliphatic carbocycles. The second kappa shape index (κ2) is 3.13. The predicted molar refractivity (Wildman–Crippen MR) is 47.4 cm³/mol. The maximum atomic E-state index is 10.5. The number of aromatic carboxylic acids is 1. The number of rotatable bonds is 2. The average Bonchev–Trinajstić information content (AvgIpc) is 2.03. The number of nitrogens with two attached hydrogens (primary N) is 1. The van der Waals surface area contributed by atoms with Gasteiger partial charge in [-0.2, -0.15) is 0 Å². The second-order valence-electron chi connectivity index (χ2n) is 2.36. The largest absolute Gasteiger partial charge is 0.478 e. The van der Waals surface area contributed by atoms with E-state index >= 15 is 0 Å². The van der Waals surface area contributed by atoms with Crippen LogP contribution in [0, 0.1) is 0 Å². The number of nitrogen functional groups attached to an aromatic ring is 1. The zero-order valence-electron chi connectivity index (χ0n) is 6.66. The molecular formula is C8H10N2O2. The molecule has 4 heteroatoms. The maximum Gasteiger partial charge on any atom is 0.337 e. The predicted octanol–water partition coefficient (Wildman–Crippen LogP) is 1.01. The third-order valence-corrected chi connectivity index (χ3v) is 1.57. The van der Waals surface area contributed by atoms with Crippen LogP contribution >= 0.6 is 0 Å². The van der Waals surface area contributed by atoms with Crippen molar-refractivity contribution in [3.8, 4) is 0 Å². The van der Waals surface area contributed by atoms with Crippen LogP contribution in [0.5, 0.6) is 0 Å². The van der Waals surface area contributed by atoms with Gasteiger partial charge >= 0.3 is 5.97 Å². The molecule has 1 rings (SSSR count). The summed E-state index contributed by atoms with van der Waals surface area (Å²) in [6, 6.07) is 4.73. The molecule has 0 fully saturated rings. The van der Waals surface area contributed by atoms with Crippen molar-refractivity contribution in [3.05, 3.63) is 23.8 Å². The minimum atomic E-state index is -1.00. The van der Waals surface area contributed by atoms with E-state index < -0.39 is 5.97 Å². The van der Waals surface area contributed by atoms with Gasteiger partial charge in [-0.25, -0.2) is 4.79 Å². The molecule has 12 heavy (non-hydrogen) atoms. The van der Waals surface area contributed by atoms with Crippen molar-refractivity contribution in [1.82, 2.24) is 0 Å². The van der Waals surface area contributed by atoms with Crippen LogP contribution < -0.4 is 11.1 Å². The molecule has 0 amide bonds. The normalized spacial score (nSPS) is 9.42. The van der Waals surface area contributed by atoms with E-state index in [9.17, 15) is 4.79 Å². The third kappa shape index (κ3) is 1.47. The summed E-state index contributed by atoms with van der Waals surface area (Å²) < 4.78 is 0. The highest BCUT2D eigenvalue weighted by atomic mass is 16.4. The standard InChI is InChI=1S/C8H10N2O2/c1-10-5-2-3-6(8(11)12)7(9)4-5/h2-4,10H,9H2,1H3,(H,11,12). The first-order chi connectivity index (χ1) is 5.65. The van der Waals surface area contributed by atoms with Gasteiger partial charge in [-0.1, -0.05) is 0 Å². The fraction of sp³-hybridized carbons (Fsp3) is 0.125. The average molecular weight is 166 g/mol. The fourth-order valence-corrected chi connectivity index (χ4v) is 0.913. The molecule has 0 saturated carbocycles. The molecule has 4 nitrogen and oxygen atoms in total. The minimum Gasteiger partial charge on any atom is -0.478 e. The molecule has 4 N–H and O–H groups in total. The SMILES string of the molecule is CNc1ccc(C(=O)O)c(N)c1. The van der Waals surface area contributed by atoms with Gasteiger partial charge in [0, 0.05) is 18.4 Å². The van der Waals surface area contributed by atoms with Crippen LogP contribution in [0.25, 0.3) is 0 Å². The van der Waals surface area contributed by atoms with Crippen LogP contribution in [-0.2, 0) is 0 Å². The number of anilines is 2. The summed E-state index contributed by atoms with van der Waals surface area (Å²) in [5.74, 6) is -1.00. The second-order valence-corrected chi connectivity index (χ2v) is 2.36. The van der Waals surface area contributed by atoms with Crippen molar-refractivity contribution in [2.24, 2.45) is 0 Å². The number of hydrogen-bond donors (Lipinski definition) is 3. The molecule has 0 aromatic heterocycles. The molecule has 64 valence electrons. The lowest BCUT2D eigenvalue weighted by atomic mass is 10.1. The Morgan fingerprint density at radius 2 is 2.25 bits per heavy atom. The van der Waals surface area contributed by atoms with E-state index in [2.05, 4.69) is 5.32 Å². The van der Waals surface area contributed by atoms with Crippen molar-refractivity contribution in [2.75, 3.05) is 18.1 Å². The third-order valence-electron chi connectivity index (χ3n) is 1.57. The van der Waals surface area contributed by atoms with E-state index in [1.165, 1.54) is 6.07 Å². The first-order valence-corrected chi connectivity index (χ1v) is 3.45. The molecule has 0 heterocycles. The van der Waals surface area contributed by atoms with Gasteiger partial charge in [-0.05, 0) is 18.2 Å². The van der Waals surface area contributed by atoms with Gasteiger partial charge in [0.2, 0.25) is 0 Å². The highest BCUT2D eigenvalue weighted by molar-refractivity contribution is 5.94. The van der Waals surface area contributed by atoms with Gasteiger partial charge in [0.05, 0.1) is 5.56 Å². The molecule has 0 radical (unpaired) electrons. The quantitative estimate of drug-likeness (QED) is 0.573. The Hall–Kier alpha value is -1.71. The van der Waals surface area contributed by atoms with Crippen LogP contribution in [0.4, 0.5) is 11.4 Å². The van der Waals surface area contributed by atoms with E-state index in [0.717, 1.165) is 5.69 Å². The summed E-state index contributed by atoms with van der Waals surface area (Å²) in [5.41, 5.74) is 6.69. The van der Waals surface area contributed by atoms with E-state index in [4.69, 9.17) is 10.8 Å².